The standard InChI is InChI=1S/C16H21N3O2S2.ClH/c1-11-5-12(7-17)8-19(11)16(20)10-22-9-13-6-14(21-18-13)15-3-2-4-23-15;/h2-4,6,11-12H,5,7-10,17H2,1H3;1H. The Morgan fingerprint density at radius 1 is 1.58 bits per heavy atom. The van der Waals surface area contributed by atoms with Crippen molar-refractivity contribution < 1.29 is 9.32 Å². The van der Waals surface area contributed by atoms with Crippen LogP contribution in [0.1, 0.15) is 19.0 Å². The number of carbonyl (C=O) groups is 1. The van der Waals surface area contributed by atoms with Gasteiger partial charge in [-0.25, -0.2) is 0 Å². The first-order chi connectivity index (χ1) is 11.2. The van der Waals surface area contributed by atoms with Gasteiger partial charge < -0.3 is 15.2 Å². The van der Waals surface area contributed by atoms with Gasteiger partial charge in [0.2, 0.25) is 5.91 Å². The second-order valence-corrected chi connectivity index (χ2v) is 7.82. The van der Waals surface area contributed by atoms with E-state index in [2.05, 4.69) is 12.1 Å². The zero-order chi connectivity index (χ0) is 16.2. The van der Waals surface area contributed by atoms with Crippen LogP contribution < -0.4 is 5.73 Å². The lowest BCUT2D eigenvalue weighted by molar-refractivity contribution is -0.128. The van der Waals surface area contributed by atoms with Gasteiger partial charge in [0.1, 0.15) is 0 Å². The number of rotatable bonds is 6. The number of amides is 1. The molecule has 3 rings (SSSR count). The molecular formula is C16H22ClN3O2S2. The Hall–Kier alpha value is -1.02. The summed E-state index contributed by atoms with van der Waals surface area (Å²) >= 11 is 3.21. The molecule has 2 aromatic heterocycles. The molecule has 5 nitrogen and oxygen atoms in total. The summed E-state index contributed by atoms with van der Waals surface area (Å²) in [5, 5.41) is 6.09. The number of aromatic nitrogens is 1. The van der Waals surface area contributed by atoms with Crippen LogP contribution in [0, 0.1) is 5.92 Å². The molecule has 1 aliphatic rings. The minimum atomic E-state index is 0. The summed E-state index contributed by atoms with van der Waals surface area (Å²) in [6, 6.07) is 6.25. The van der Waals surface area contributed by atoms with Crippen LogP contribution in [0.15, 0.2) is 28.1 Å². The highest BCUT2D eigenvalue weighted by molar-refractivity contribution is 7.99. The van der Waals surface area contributed by atoms with Crippen LogP contribution in [-0.4, -0.2) is 40.8 Å². The third-order valence-electron chi connectivity index (χ3n) is 4.11. The van der Waals surface area contributed by atoms with Crippen molar-refractivity contribution in [3.8, 4) is 10.6 Å². The molecule has 1 saturated heterocycles. The Balaban J connectivity index is 0.00000208. The van der Waals surface area contributed by atoms with Crippen LogP contribution in [0.25, 0.3) is 10.6 Å². The SMILES string of the molecule is CC1CC(CN)CN1C(=O)CSCc1cc(-c2cccs2)on1.Cl. The summed E-state index contributed by atoms with van der Waals surface area (Å²) in [6.45, 7) is 3.55. The third kappa shape index (κ3) is 4.53. The molecule has 8 heteroatoms. The molecule has 3 heterocycles. The molecule has 0 bridgehead atoms. The Kier molecular flexibility index (Phi) is 7.16. The van der Waals surface area contributed by atoms with Crippen molar-refractivity contribution in [2.45, 2.75) is 25.1 Å². The van der Waals surface area contributed by atoms with Gasteiger partial charge >= 0.3 is 0 Å². The number of nitrogens with zero attached hydrogens (tertiary/aromatic N) is 2. The van der Waals surface area contributed by atoms with Crippen molar-refractivity contribution >= 4 is 41.4 Å². The predicted molar refractivity (Wildman–Crippen MR) is 102 cm³/mol. The van der Waals surface area contributed by atoms with Gasteiger partial charge in [0, 0.05) is 24.4 Å². The van der Waals surface area contributed by atoms with Gasteiger partial charge in [-0.15, -0.1) is 35.5 Å². The number of hydrogen-bond acceptors (Lipinski definition) is 6. The highest BCUT2D eigenvalue weighted by Gasteiger charge is 2.31. The monoisotopic (exact) mass is 387 g/mol. The first-order valence-corrected chi connectivity index (χ1v) is 9.77. The first-order valence-electron chi connectivity index (χ1n) is 7.74. The molecule has 2 atom stereocenters. The Bertz CT molecular complexity index is 648. The average Bonchev–Trinajstić information content (AvgIpc) is 3.26. The van der Waals surface area contributed by atoms with Crippen LogP contribution in [0.3, 0.4) is 0 Å². The highest BCUT2D eigenvalue weighted by Crippen LogP contribution is 2.27. The van der Waals surface area contributed by atoms with E-state index >= 15 is 0 Å². The van der Waals surface area contributed by atoms with E-state index in [9.17, 15) is 4.79 Å². The largest absolute Gasteiger partial charge is 0.355 e. The summed E-state index contributed by atoms with van der Waals surface area (Å²) < 4.78 is 5.35. The maximum absolute atomic E-state index is 12.3. The van der Waals surface area contributed by atoms with Gasteiger partial charge in [0.05, 0.1) is 16.3 Å². The number of carbonyl (C=O) groups excluding carboxylic acids is 1. The fraction of sp³-hybridized carbons (Fsp3) is 0.500. The van der Waals surface area contributed by atoms with Crippen LogP contribution in [0.2, 0.25) is 0 Å². The van der Waals surface area contributed by atoms with Gasteiger partial charge in [-0.1, -0.05) is 11.2 Å². The maximum Gasteiger partial charge on any atom is 0.232 e. The molecule has 132 valence electrons. The van der Waals surface area contributed by atoms with Crippen molar-refractivity contribution in [1.82, 2.24) is 10.1 Å². The first kappa shape index (κ1) is 19.3. The van der Waals surface area contributed by atoms with Crippen molar-refractivity contribution in [3.63, 3.8) is 0 Å². The molecule has 0 spiro atoms. The lowest BCUT2D eigenvalue weighted by atomic mass is 10.1. The van der Waals surface area contributed by atoms with E-state index in [1.807, 2.05) is 28.5 Å². The van der Waals surface area contributed by atoms with E-state index in [0.717, 1.165) is 29.3 Å². The molecule has 1 fully saturated rings. The van der Waals surface area contributed by atoms with Crippen LogP contribution in [0.4, 0.5) is 0 Å². The zero-order valence-electron chi connectivity index (χ0n) is 13.5. The Morgan fingerprint density at radius 2 is 2.42 bits per heavy atom. The topological polar surface area (TPSA) is 72.4 Å². The lowest BCUT2D eigenvalue weighted by Gasteiger charge is -2.21. The number of thiophene rings is 1. The van der Waals surface area contributed by atoms with Gasteiger partial charge in [0.25, 0.3) is 0 Å². The lowest BCUT2D eigenvalue weighted by Crippen LogP contribution is -2.35. The highest BCUT2D eigenvalue weighted by atomic mass is 35.5. The van der Waals surface area contributed by atoms with E-state index in [1.54, 1.807) is 23.1 Å². The van der Waals surface area contributed by atoms with Crippen molar-refractivity contribution in [3.05, 3.63) is 29.3 Å². The maximum atomic E-state index is 12.3. The second kappa shape index (κ2) is 8.89. The summed E-state index contributed by atoms with van der Waals surface area (Å²) in [6.07, 6.45) is 1.01. The van der Waals surface area contributed by atoms with Crippen LogP contribution in [-0.2, 0) is 10.5 Å². The van der Waals surface area contributed by atoms with E-state index < -0.39 is 0 Å². The molecule has 1 aliphatic heterocycles. The van der Waals surface area contributed by atoms with E-state index in [-0.39, 0.29) is 18.3 Å². The third-order valence-corrected chi connectivity index (χ3v) is 5.95. The summed E-state index contributed by atoms with van der Waals surface area (Å²) in [4.78, 5) is 15.4. The molecule has 24 heavy (non-hydrogen) atoms. The molecule has 1 amide bonds. The summed E-state index contributed by atoms with van der Waals surface area (Å²) in [5.41, 5.74) is 6.59. The molecule has 0 radical (unpaired) electrons. The normalized spacial score (nSPS) is 20.2. The number of thioether (sulfide) groups is 1. The van der Waals surface area contributed by atoms with Crippen molar-refractivity contribution in [1.29, 1.82) is 0 Å². The molecule has 2 N–H and O–H groups in total. The van der Waals surface area contributed by atoms with E-state index in [1.165, 1.54) is 0 Å². The van der Waals surface area contributed by atoms with Crippen LogP contribution >= 0.6 is 35.5 Å². The van der Waals surface area contributed by atoms with Crippen molar-refractivity contribution in [2.24, 2.45) is 11.7 Å². The number of likely N-dealkylation sites (tertiary alicyclic amines) is 1. The molecule has 2 unspecified atom stereocenters. The smallest absolute Gasteiger partial charge is 0.232 e. The van der Waals surface area contributed by atoms with Gasteiger partial charge in [-0.05, 0) is 37.3 Å². The summed E-state index contributed by atoms with van der Waals surface area (Å²) in [7, 11) is 0. The Morgan fingerprint density at radius 3 is 3.08 bits per heavy atom. The van der Waals surface area contributed by atoms with Gasteiger partial charge in [-0.2, -0.15) is 0 Å². The summed E-state index contributed by atoms with van der Waals surface area (Å²) in [5.74, 6) is 2.59. The Labute approximate surface area is 156 Å². The van der Waals surface area contributed by atoms with E-state index in [0.29, 0.717) is 30.0 Å². The number of hydrogen-bond donors (Lipinski definition) is 1. The predicted octanol–water partition coefficient (Wildman–Crippen LogP) is 3.25. The van der Waals surface area contributed by atoms with E-state index in [4.69, 9.17) is 10.3 Å². The average molecular weight is 388 g/mol. The molecule has 0 saturated carbocycles. The zero-order valence-corrected chi connectivity index (χ0v) is 16.0. The van der Waals surface area contributed by atoms with Gasteiger partial charge in [-0.3, -0.25) is 4.79 Å². The minimum absolute atomic E-state index is 0. The fourth-order valence-corrected chi connectivity index (χ4v) is 4.36. The molecule has 0 aliphatic carbocycles. The molecule has 2 aromatic rings. The fourth-order valence-electron chi connectivity index (χ4n) is 2.90. The van der Waals surface area contributed by atoms with Gasteiger partial charge in [0.15, 0.2) is 5.76 Å². The molecule has 0 aromatic carbocycles. The van der Waals surface area contributed by atoms with Crippen LogP contribution in [0.5, 0.6) is 0 Å². The second-order valence-electron chi connectivity index (χ2n) is 5.89. The van der Waals surface area contributed by atoms with Crippen molar-refractivity contribution in [2.75, 3.05) is 18.8 Å². The molecular weight excluding hydrogens is 366 g/mol. The number of nitrogens with two attached hydrogens (primary N) is 1. The quantitative estimate of drug-likeness (QED) is 0.823. The number of halogens is 1. The minimum Gasteiger partial charge on any atom is -0.355 e.